The van der Waals surface area contributed by atoms with E-state index in [9.17, 15) is 5.26 Å². The number of nitriles is 1. The minimum Gasteiger partial charge on any atom is -0.497 e. The Bertz CT molecular complexity index is 965. The molecule has 0 saturated heterocycles. The Morgan fingerprint density at radius 1 is 1.15 bits per heavy atom. The number of hydrogen-bond donors (Lipinski definition) is 0. The molecule has 0 aliphatic rings. The highest BCUT2D eigenvalue weighted by molar-refractivity contribution is 7.98. The first-order valence-electron chi connectivity index (χ1n) is 8.43. The van der Waals surface area contributed by atoms with Gasteiger partial charge >= 0.3 is 0 Å². The molecule has 27 heavy (non-hydrogen) atoms. The van der Waals surface area contributed by atoms with Crippen molar-refractivity contribution in [2.75, 3.05) is 7.11 Å². The first-order chi connectivity index (χ1) is 13.1. The van der Waals surface area contributed by atoms with Gasteiger partial charge in [0.25, 0.3) is 0 Å². The molecule has 1 aromatic heterocycles. The summed E-state index contributed by atoms with van der Waals surface area (Å²) in [5.41, 5.74) is 1.66. The van der Waals surface area contributed by atoms with Crippen molar-refractivity contribution in [1.29, 1.82) is 5.26 Å². The van der Waals surface area contributed by atoms with E-state index >= 15 is 0 Å². The lowest BCUT2D eigenvalue weighted by atomic mass is 10.1. The van der Waals surface area contributed by atoms with E-state index in [-0.39, 0.29) is 6.10 Å². The zero-order valence-corrected chi connectivity index (χ0v) is 16.2. The van der Waals surface area contributed by atoms with Gasteiger partial charge < -0.3 is 14.0 Å². The molecule has 0 fully saturated rings. The van der Waals surface area contributed by atoms with Crippen molar-refractivity contribution in [3.8, 4) is 17.6 Å². The molecule has 0 aliphatic carbocycles. The molecule has 7 heteroatoms. The maximum absolute atomic E-state index is 9.21. The van der Waals surface area contributed by atoms with E-state index in [0.29, 0.717) is 17.1 Å². The topological polar surface area (TPSA) is 73.0 Å². The molecule has 0 radical (unpaired) electrons. The van der Waals surface area contributed by atoms with Gasteiger partial charge in [0.05, 0.1) is 18.7 Å². The van der Waals surface area contributed by atoms with E-state index in [2.05, 4.69) is 16.3 Å². The first-order valence-corrected chi connectivity index (χ1v) is 9.41. The Kier molecular flexibility index (Phi) is 5.99. The van der Waals surface area contributed by atoms with E-state index in [1.807, 2.05) is 67.1 Å². The van der Waals surface area contributed by atoms with Crippen molar-refractivity contribution in [3.63, 3.8) is 0 Å². The molecule has 0 saturated carbocycles. The summed E-state index contributed by atoms with van der Waals surface area (Å²) in [7, 11) is 3.54. The fraction of sp³-hybridized carbons (Fsp3) is 0.250. The average molecular weight is 380 g/mol. The molecule has 0 amide bonds. The zero-order chi connectivity index (χ0) is 19.2. The quantitative estimate of drug-likeness (QED) is 0.574. The van der Waals surface area contributed by atoms with Gasteiger partial charge in [-0.2, -0.15) is 5.26 Å². The van der Waals surface area contributed by atoms with E-state index in [4.69, 9.17) is 9.47 Å². The number of benzene rings is 2. The second-order valence-corrected chi connectivity index (χ2v) is 6.84. The lowest BCUT2D eigenvalue weighted by Crippen LogP contribution is -2.10. The molecule has 1 atom stereocenters. The first kappa shape index (κ1) is 18.8. The summed E-state index contributed by atoms with van der Waals surface area (Å²) in [6, 6.07) is 17.3. The molecule has 3 aromatic rings. The maximum atomic E-state index is 9.21. The molecule has 0 aliphatic heterocycles. The number of ether oxygens (including phenoxy) is 2. The molecule has 3 rings (SSSR count). The summed E-state index contributed by atoms with van der Waals surface area (Å²) in [6.07, 6.45) is -0.268. The van der Waals surface area contributed by atoms with E-state index in [1.54, 1.807) is 18.9 Å². The van der Waals surface area contributed by atoms with Crippen LogP contribution in [0.1, 0.15) is 30.0 Å². The smallest absolute Gasteiger partial charge is 0.191 e. The fourth-order valence-corrected chi connectivity index (χ4v) is 3.56. The Hall–Kier alpha value is -2.98. The van der Waals surface area contributed by atoms with Gasteiger partial charge in [-0.25, -0.2) is 0 Å². The number of hydrogen-bond acceptors (Lipinski definition) is 6. The minimum atomic E-state index is -0.268. The maximum Gasteiger partial charge on any atom is 0.191 e. The van der Waals surface area contributed by atoms with Crippen molar-refractivity contribution < 1.29 is 9.47 Å². The summed E-state index contributed by atoms with van der Waals surface area (Å²) in [5, 5.41) is 18.5. The lowest BCUT2D eigenvalue weighted by Gasteiger charge is -2.15. The Morgan fingerprint density at radius 3 is 2.70 bits per heavy atom. The van der Waals surface area contributed by atoms with Gasteiger partial charge in [0.1, 0.15) is 11.5 Å². The van der Waals surface area contributed by atoms with E-state index in [1.165, 1.54) is 0 Å². The number of thioether (sulfide) groups is 1. The van der Waals surface area contributed by atoms with Crippen LogP contribution in [0.5, 0.6) is 11.5 Å². The van der Waals surface area contributed by atoms with Crippen molar-refractivity contribution in [3.05, 3.63) is 65.5 Å². The van der Waals surface area contributed by atoms with Gasteiger partial charge in [-0.15, -0.1) is 10.2 Å². The third-order valence-electron chi connectivity index (χ3n) is 4.08. The highest BCUT2D eigenvalue weighted by Crippen LogP contribution is 2.27. The predicted molar refractivity (Wildman–Crippen MR) is 104 cm³/mol. The molecule has 1 unspecified atom stereocenters. The van der Waals surface area contributed by atoms with Crippen LogP contribution in [0.25, 0.3) is 0 Å². The summed E-state index contributed by atoms with van der Waals surface area (Å²) >= 11 is 1.54. The summed E-state index contributed by atoms with van der Waals surface area (Å²) < 4.78 is 13.1. The van der Waals surface area contributed by atoms with Crippen LogP contribution in [-0.4, -0.2) is 21.9 Å². The fourth-order valence-electron chi connectivity index (χ4n) is 2.63. The molecule has 6 nitrogen and oxygen atoms in total. The molecule has 0 bridgehead atoms. The summed E-state index contributed by atoms with van der Waals surface area (Å²) in [5.74, 6) is 2.84. The second-order valence-electron chi connectivity index (χ2n) is 5.90. The number of aromatic nitrogens is 3. The van der Waals surface area contributed by atoms with Crippen LogP contribution < -0.4 is 9.47 Å². The normalized spacial score (nSPS) is 11.6. The van der Waals surface area contributed by atoms with Crippen LogP contribution in [-0.2, 0) is 12.8 Å². The van der Waals surface area contributed by atoms with Crippen molar-refractivity contribution in [2.24, 2.45) is 7.05 Å². The van der Waals surface area contributed by atoms with Crippen LogP contribution in [0.3, 0.4) is 0 Å². The van der Waals surface area contributed by atoms with Crippen LogP contribution in [0.4, 0.5) is 0 Å². The monoisotopic (exact) mass is 380 g/mol. The molecule has 2 aromatic carbocycles. The van der Waals surface area contributed by atoms with E-state index in [0.717, 1.165) is 22.3 Å². The number of rotatable bonds is 7. The SMILES string of the molecule is COc1cccc(OC(C)c2nnc(SCc3ccccc3C#N)n2C)c1. The highest BCUT2D eigenvalue weighted by atomic mass is 32.2. The molecule has 138 valence electrons. The Labute approximate surface area is 162 Å². The molecule has 0 spiro atoms. The standard InChI is InChI=1S/C20H20N4O2S/c1-14(26-18-10-6-9-17(11-18)25-3)19-22-23-20(24(19)2)27-13-16-8-5-4-7-15(16)12-21/h4-11,14H,13H2,1-3H3. The van der Waals surface area contributed by atoms with Crippen LogP contribution in [0, 0.1) is 11.3 Å². The van der Waals surface area contributed by atoms with Crippen molar-refractivity contribution in [1.82, 2.24) is 14.8 Å². The molecular weight excluding hydrogens is 360 g/mol. The van der Waals surface area contributed by atoms with Gasteiger partial charge in [-0.05, 0) is 30.7 Å². The third kappa shape index (κ3) is 4.41. The van der Waals surface area contributed by atoms with Gasteiger partial charge in [0.15, 0.2) is 17.1 Å². The predicted octanol–water partition coefficient (Wildman–Crippen LogP) is 4.13. The van der Waals surface area contributed by atoms with Crippen LogP contribution >= 0.6 is 11.8 Å². The zero-order valence-electron chi connectivity index (χ0n) is 15.4. The molecule has 0 N–H and O–H groups in total. The van der Waals surface area contributed by atoms with Crippen molar-refractivity contribution in [2.45, 2.75) is 23.9 Å². The molecule has 1 heterocycles. The number of methoxy groups -OCH3 is 1. The van der Waals surface area contributed by atoms with Gasteiger partial charge in [-0.1, -0.05) is 36.0 Å². The summed E-state index contributed by atoms with van der Waals surface area (Å²) in [4.78, 5) is 0. The molecular formula is C20H20N4O2S. The van der Waals surface area contributed by atoms with Gasteiger partial charge in [0, 0.05) is 18.9 Å². The third-order valence-corrected chi connectivity index (χ3v) is 5.15. The average Bonchev–Trinajstić information content (AvgIpc) is 3.07. The second kappa shape index (κ2) is 8.60. The highest BCUT2D eigenvalue weighted by Gasteiger charge is 2.18. The van der Waals surface area contributed by atoms with Gasteiger partial charge in [-0.3, -0.25) is 0 Å². The Balaban J connectivity index is 1.70. The largest absolute Gasteiger partial charge is 0.497 e. The minimum absolute atomic E-state index is 0.268. The van der Waals surface area contributed by atoms with Gasteiger partial charge in [0.2, 0.25) is 0 Å². The number of nitrogens with zero attached hydrogens (tertiary/aromatic N) is 4. The van der Waals surface area contributed by atoms with Crippen LogP contribution in [0.15, 0.2) is 53.7 Å². The lowest BCUT2D eigenvalue weighted by molar-refractivity contribution is 0.210. The Morgan fingerprint density at radius 2 is 1.93 bits per heavy atom. The van der Waals surface area contributed by atoms with Crippen LogP contribution in [0.2, 0.25) is 0 Å². The van der Waals surface area contributed by atoms with E-state index < -0.39 is 0 Å². The van der Waals surface area contributed by atoms with Crippen molar-refractivity contribution >= 4 is 11.8 Å². The summed E-state index contributed by atoms with van der Waals surface area (Å²) in [6.45, 7) is 1.93.